The van der Waals surface area contributed by atoms with Crippen LogP contribution in [0.3, 0.4) is 0 Å². The number of carbonyl (C=O) groups is 1. The topological polar surface area (TPSA) is 78.0 Å². The van der Waals surface area contributed by atoms with E-state index in [-0.39, 0.29) is 11.5 Å². The highest BCUT2D eigenvalue weighted by Gasteiger charge is 2.60. The zero-order chi connectivity index (χ0) is 19.4. The number of nitrogens with one attached hydrogen (secondary N) is 2. The van der Waals surface area contributed by atoms with Crippen molar-refractivity contribution in [1.29, 1.82) is 0 Å². The molecule has 27 heavy (non-hydrogen) atoms. The number of aromatic amines is 1. The number of hydrogen-bond donors (Lipinski definition) is 3. The van der Waals surface area contributed by atoms with Gasteiger partial charge in [0.15, 0.2) is 11.4 Å². The van der Waals surface area contributed by atoms with Crippen molar-refractivity contribution >= 4 is 22.5 Å². The SMILES string of the molecule is CC(c1ccc2ccccc2c1)c1[nH]nc2c1C(O)(C(F)(F)F)CC(=O)N2. The number of anilines is 1. The lowest BCUT2D eigenvalue weighted by atomic mass is 9.82. The zero-order valence-electron chi connectivity index (χ0n) is 14.3. The van der Waals surface area contributed by atoms with Gasteiger partial charge in [0.1, 0.15) is 0 Å². The van der Waals surface area contributed by atoms with Crippen molar-refractivity contribution in [2.75, 3.05) is 5.32 Å². The van der Waals surface area contributed by atoms with Crippen molar-refractivity contribution in [3.05, 3.63) is 59.3 Å². The van der Waals surface area contributed by atoms with E-state index in [0.717, 1.165) is 16.3 Å². The fourth-order valence-electron chi connectivity index (χ4n) is 3.56. The Bertz CT molecular complexity index is 1040. The second-order valence-electron chi connectivity index (χ2n) is 6.77. The lowest BCUT2D eigenvalue weighted by molar-refractivity contribution is -0.267. The molecule has 3 aromatic rings. The molecule has 1 amide bonds. The lowest BCUT2D eigenvalue weighted by Gasteiger charge is -2.34. The van der Waals surface area contributed by atoms with Crippen molar-refractivity contribution in [2.24, 2.45) is 0 Å². The Balaban J connectivity index is 1.84. The molecule has 0 bridgehead atoms. The van der Waals surface area contributed by atoms with Gasteiger partial charge in [-0.25, -0.2) is 0 Å². The standard InChI is InChI=1S/C19H16F3N3O2/c1-10(12-7-6-11-4-2-3-5-13(11)8-12)16-15-17(25-24-16)23-14(26)9-18(15,27)19(20,21)22/h2-8,10,27H,9H2,1H3,(H2,23,24,25,26). The van der Waals surface area contributed by atoms with Crippen LogP contribution in [0.1, 0.15) is 36.1 Å². The molecule has 8 heteroatoms. The number of hydrogen-bond acceptors (Lipinski definition) is 3. The third-order valence-electron chi connectivity index (χ3n) is 5.06. The van der Waals surface area contributed by atoms with Crippen LogP contribution >= 0.6 is 0 Å². The Morgan fingerprint density at radius 3 is 2.59 bits per heavy atom. The third-order valence-corrected chi connectivity index (χ3v) is 5.06. The quantitative estimate of drug-likeness (QED) is 0.637. The molecule has 0 radical (unpaired) electrons. The Morgan fingerprint density at radius 2 is 1.89 bits per heavy atom. The molecule has 2 unspecified atom stereocenters. The number of H-pyrrole nitrogens is 1. The average Bonchev–Trinajstić information content (AvgIpc) is 3.04. The number of carbonyl (C=O) groups excluding carboxylic acids is 1. The predicted molar refractivity (Wildman–Crippen MR) is 93.3 cm³/mol. The first-order chi connectivity index (χ1) is 12.7. The molecule has 0 saturated carbocycles. The fourth-order valence-corrected chi connectivity index (χ4v) is 3.56. The van der Waals surface area contributed by atoms with Crippen LogP contribution in [-0.4, -0.2) is 27.4 Å². The molecule has 140 valence electrons. The first-order valence-corrected chi connectivity index (χ1v) is 8.37. The monoisotopic (exact) mass is 375 g/mol. The minimum absolute atomic E-state index is 0.125. The third kappa shape index (κ3) is 2.68. The van der Waals surface area contributed by atoms with Gasteiger partial charge in [0, 0.05) is 5.92 Å². The van der Waals surface area contributed by atoms with E-state index in [0.29, 0.717) is 0 Å². The number of amides is 1. The number of halogens is 3. The van der Waals surface area contributed by atoms with E-state index >= 15 is 0 Å². The summed E-state index contributed by atoms with van der Waals surface area (Å²) in [5.41, 5.74) is -2.81. The molecule has 5 nitrogen and oxygen atoms in total. The smallest absolute Gasteiger partial charge is 0.376 e. The van der Waals surface area contributed by atoms with Gasteiger partial charge >= 0.3 is 6.18 Å². The summed E-state index contributed by atoms with van der Waals surface area (Å²) in [5.74, 6) is -1.72. The minimum Gasteiger partial charge on any atom is -0.376 e. The number of alkyl halides is 3. The molecule has 2 aromatic carbocycles. The van der Waals surface area contributed by atoms with E-state index < -0.39 is 35.6 Å². The molecule has 3 N–H and O–H groups in total. The molecule has 0 saturated heterocycles. The zero-order valence-corrected chi connectivity index (χ0v) is 14.3. The van der Waals surface area contributed by atoms with E-state index in [2.05, 4.69) is 15.5 Å². The molecule has 0 spiro atoms. The molecular weight excluding hydrogens is 359 g/mol. The van der Waals surface area contributed by atoms with Crippen LogP contribution in [-0.2, 0) is 10.4 Å². The van der Waals surface area contributed by atoms with Crippen LogP contribution in [0.4, 0.5) is 19.0 Å². The van der Waals surface area contributed by atoms with Crippen molar-refractivity contribution in [2.45, 2.75) is 31.0 Å². The number of aliphatic hydroxyl groups is 1. The maximum Gasteiger partial charge on any atom is 0.422 e. The van der Waals surface area contributed by atoms with Crippen molar-refractivity contribution in [1.82, 2.24) is 10.2 Å². The Labute approximate surface area is 152 Å². The highest BCUT2D eigenvalue weighted by atomic mass is 19.4. The summed E-state index contributed by atoms with van der Waals surface area (Å²) in [6.45, 7) is 1.73. The van der Waals surface area contributed by atoms with Crippen LogP contribution in [0.25, 0.3) is 10.8 Å². The predicted octanol–water partition coefficient (Wildman–Crippen LogP) is 3.81. The normalized spacial score (nSPS) is 21.0. The Kier molecular flexibility index (Phi) is 3.78. The highest BCUT2D eigenvalue weighted by molar-refractivity contribution is 5.94. The minimum atomic E-state index is -5.01. The number of benzene rings is 2. The van der Waals surface area contributed by atoms with E-state index in [1.807, 2.05) is 42.5 Å². The molecule has 1 aliphatic rings. The second kappa shape index (κ2) is 5.82. The van der Waals surface area contributed by atoms with Crippen LogP contribution in [0, 0.1) is 0 Å². The average molecular weight is 375 g/mol. The van der Waals surface area contributed by atoms with Gasteiger partial charge < -0.3 is 10.4 Å². The van der Waals surface area contributed by atoms with Gasteiger partial charge in [0.05, 0.1) is 17.7 Å². The summed E-state index contributed by atoms with van der Waals surface area (Å²) in [6, 6.07) is 13.3. The Hall–Kier alpha value is -2.87. The number of nitrogens with zero attached hydrogens (tertiary/aromatic N) is 1. The van der Waals surface area contributed by atoms with E-state index in [1.165, 1.54) is 0 Å². The Morgan fingerprint density at radius 1 is 1.19 bits per heavy atom. The first kappa shape index (κ1) is 17.5. The van der Waals surface area contributed by atoms with Crippen LogP contribution in [0.15, 0.2) is 42.5 Å². The van der Waals surface area contributed by atoms with E-state index in [4.69, 9.17) is 0 Å². The summed E-state index contributed by atoms with van der Waals surface area (Å²) < 4.78 is 40.9. The molecular formula is C19H16F3N3O2. The summed E-state index contributed by atoms with van der Waals surface area (Å²) in [4.78, 5) is 11.7. The summed E-state index contributed by atoms with van der Waals surface area (Å²) in [7, 11) is 0. The second-order valence-corrected chi connectivity index (χ2v) is 6.77. The molecule has 1 aromatic heterocycles. The lowest BCUT2D eigenvalue weighted by Crippen LogP contribution is -2.48. The first-order valence-electron chi connectivity index (χ1n) is 8.37. The van der Waals surface area contributed by atoms with E-state index in [9.17, 15) is 23.1 Å². The van der Waals surface area contributed by atoms with Crippen molar-refractivity contribution < 1.29 is 23.1 Å². The molecule has 4 rings (SSSR count). The van der Waals surface area contributed by atoms with Gasteiger partial charge in [-0.15, -0.1) is 0 Å². The fraction of sp³-hybridized carbons (Fsp3) is 0.263. The van der Waals surface area contributed by atoms with Gasteiger partial charge in [0.25, 0.3) is 0 Å². The maximum absolute atomic E-state index is 13.6. The van der Waals surface area contributed by atoms with Gasteiger partial charge in [-0.3, -0.25) is 9.89 Å². The van der Waals surface area contributed by atoms with Crippen LogP contribution in [0.5, 0.6) is 0 Å². The molecule has 2 atom stereocenters. The number of rotatable bonds is 2. The molecule has 2 heterocycles. The van der Waals surface area contributed by atoms with Crippen molar-refractivity contribution in [3.8, 4) is 0 Å². The summed E-state index contributed by atoms with van der Waals surface area (Å²) in [6.07, 6.45) is -6.11. The van der Waals surface area contributed by atoms with Gasteiger partial charge in [-0.05, 0) is 16.3 Å². The number of fused-ring (bicyclic) bond motifs is 2. The molecule has 0 aliphatic carbocycles. The van der Waals surface area contributed by atoms with Crippen LogP contribution in [0.2, 0.25) is 0 Å². The molecule has 1 aliphatic heterocycles. The van der Waals surface area contributed by atoms with Gasteiger partial charge in [-0.2, -0.15) is 18.3 Å². The van der Waals surface area contributed by atoms with Gasteiger partial charge in [-0.1, -0.05) is 49.4 Å². The summed E-state index contributed by atoms with van der Waals surface area (Å²) in [5, 5.41) is 21.1. The molecule has 0 fully saturated rings. The highest BCUT2D eigenvalue weighted by Crippen LogP contribution is 2.49. The van der Waals surface area contributed by atoms with Gasteiger partial charge in [0.2, 0.25) is 5.91 Å². The van der Waals surface area contributed by atoms with Crippen LogP contribution < -0.4 is 5.32 Å². The summed E-state index contributed by atoms with van der Waals surface area (Å²) >= 11 is 0. The largest absolute Gasteiger partial charge is 0.422 e. The van der Waals surface area contributed by atoms with E-state index in [1.54, 1.807) is 6.92 Å². The number of aromatic nitrogens is 2. The maximum atomic E-state index is 13.6. The van der Waals surface area contributed by atoms with Crippen molar-refractivity contribution in [3.63, 3.8) is 0 Å².